The van der Waals surface area contributed by atoms with E-state index in [9.17, 15) is 13.2 Å². The molecule has 1 aromatic rings. The van der Waals surface area contributed by atoms with Gasteiger partial charge in [0.15, 0.2) is 0 Å². The summed E-state index contributed by atoms with van der Waals surface area (Å²) in [7, 11) is -0.135. The predicted octanol–water partition coefficient (Wildman–Crippen LogP) is 0.404. The third-order valence-corrected chi connectivity index (χ3v) is 5.13. The molecular weight excluding hydrogens is 314 g/mol. The first kappa shape index (κ1) is 17.9. The van der Waals surface area contributed by atoms with Crippen LogP contribution in [0.3, 0.4) is 0 Å². The first-order chi connectivity index (χ1) is 9.43. The minimum atomic E-state index is -3.46. The minimum absolute atomic E-state index is 0. The molecule has 0 bridgehead atoms. The molecule has 0 radical (unpaired) electrons. The largest absolute Gasteiger partial charge is 0.345 e. The van der Waals surface area contributed by atoms with Crippen LogP contribution in [-0.2, 0) is 10.0 Å². The Morgan fingerprint density at radius 1 is 1.14 bits per heavy atom. The predicted molar refractivity (Wildman–Crippen MR) is 83.3 cm³/mol. The number of carbonyl (C=O) groups is 1. The summed E-state index contributed by atoms with van der Waals surface area (Å²) in [6.07, 6.45) is 0. The molecule has 1 fully saturated rings. The smallest absolute Gasteiger partial charge is 0.253 e. The second-order valence-corrected chi connectivity index (χ2v) is 6.82. The van der Waals surface area contributed by atoms with Gasteiger partial charge < -0.3 is 10.2 Å². The zero-order chi connectivity index (χ0) is 14.8. The number of benzene rings is 1. The van der Waals surface area contributed by atoms with E-state index in [1.54, 1.807) is 26.2 Å². The standard InChI is InChI=1S/C13H19N3O3S.ClH/c1-15(2)13(17)11-3-5-12(6-4-11)20(18,19)16-9-7-14-8-10-16;/h3-6,14H,7-10H2,1-2H3;1H. The highest BCUT2D eigenvalue weighted by atomic mass is 35.5. The summed E-state index contributed by atoms with van der Waals surface area (Å²) in [5, 5.41) is 3.12. The monoisotopic (exact) mass is 333 g/mol. The van der Waals surface area contributed by atoms with Crippen LogP contribution < -0.4 is 5.32 Å². The van der Waals surface area contributed by atoms with Crippen LogP contribution >= 0.6 is 12.4 Å². The third-order valence-electron chi connectivity index (χ3n) is 3.22. The van der Waals surface area contributed by atoms with E-state index in [0.717, 1.165) is 0 Å². The summed E-state index contributed by atoms with van der Waals surface area (Å²) in [5.74, 6) is -0.142. The number of nitrogens with zero attached hydrogens (tertiary/aromatic N) is 2. The zero-order valence-electron chi connectivity index (χ0n) is 12.1. The molecule has 1 saturated heterocycles. The van der Waals surface area contributed by atoms with Crippen LogP contribution in [0.5, 0.6) is 0 Å². The number of amides is 1. The highest BCUT2D eigenvalue weighted by Crippen LogP contribution is 2.17. The Hall–Kier alpha value is -1.15. The normalized spacial score (nSPS) is 16.1. The summed E-state index contributed by atoms with van der Waals surface area (Å²) in [5.41, 5.74) is 0.481. The Kier molecular flexibility index (Phi) is 6.15. The van der Waals surface area contributed by atoms with E-state index in [1.807, 2.05) is 0 Å². The van der Waals surface area contributed by atoms with Gasteiger partial charge in [0, 0.05) is 45.8 Å². The lowest BCUT2D eigenvalue weighted by molar-refractivity contribution is 0.0827. The van der Waals surface area contributed by atoms with Crippen molar-refractivity contribution in [3.8, 4) is 0 Å². The molecule has 0 atom stereocenters. The van der Waals surface area contributed by atoms with Gasteiger partial charge in [-0.3, -0.25) is 4.79 Å². The molecule has 0 unspecified atom stereocenters. The molecule has 8 heteroatoms. The van der Waals surface area contributed by atoms with E-state index < -0.39 is 10.0 Å². The molecule has 0 aromatic heterocycles. The maximum absolute atomic E-state index is 12.4. The summed E-state index contributed by atoms with van der Waals surface area (Å²) in [6.45, 7) is 2.27. The van der Waals surface area contributed by atoms with Crippen molar-refractivity contribution in [1.82, 2.24) is 14.5 Å². The number of hydrogen-bond donors (Lipinski definition) is 1. The molecule has 1 aliphatic rings. The average molecular weight is 334 g/mol. The number of sulfonamides is 1. The van der Waals surface area contributed by atoms with E-state index in [4.69, 9.17) is 0 Å². The van der Waals surface area contributed by atoms with Gasteiger partial charge in [-0.2, -0.15) is 4.31 Å². The van der Waals surface area contributed by atoms with Crippen molar-refractivity contribution in [3.63, 3.8) is 0 Å². The Bertz CT molecular complexity index is 581. The van der Waals surface area contributed by atoms with E-state index >= 15 is 0 Å². The molecule has 1 amide bonds. The zero-order valence-corrected chi connectivity index (χ0v) is 13.7. The second-order valence-electron chi connectivity index (χ2n) is 4.88. The second kappa shape index (κ2) is 7.22. The van der Waals surface area contributed by atoms with Crippen LogP contribution in [-0.4, -0.2) is 63.8 Å². The summed E-state index contributed by atoms with van der Waals surface area (Å²) in [6, 6.07) is 6.09. The van der Waals surface area contributed by atoms with Gasteiger partial charge >= 0.3 is 0 Å². The fourth-order valence-electron chi connectivity index (χ4n) is 2.06. The molecular formula is C13H20ClN3O3S. The minimum Gasteiger partial charge on any atom is -0.345 e. The number of hydrogen-bond acceptors (Lipinski definition) is 4. The number of halogens is 1. The van der Waals surface area contributed by atoms with E-state index in [-0.39, 0.29) is 23.2 Å². The molecule has 118 valence electrons. The van der Waals surface area contributed by atoms with Crippen molar-refractivity contribution in [2.75, 3.05) is 40.3 Å². The average Bonchev–Trinajstić information content (AvgIpc) is 2.47. The summed E-state index contributed by atoms with van der Waals surface area (Å²) in [4.78, 5) is 13.5. The van der Waals surface area contributed by atoms with E-state index in [1.165, 1.54) is 21.3 Å². The van der Waals surface area contributed by atoms with Crippen molar-refractivity contribution >= 4 is 28.3 Å². The van der Waals surface area contributed by atoms with Gasteiger partial charge in [0.1, 0.15) is 0 Å². The van der Waals surface area contributed by atoms with Crippen LogP contribution in [0.2, 0.25) is 0 Å². The lowest BCUT2D eigenvalue weighted by Gasteiger charge is -2.26. The fraction of sp³-hybridized carbons (Fsp3) is 0.462. The van der Waals surface area contributed by atoms with E-state index in [0.29, 0.717) is 31.7 Å². The molecule has 1 heterocycles. The first-order valence-corrected chi connectivity index (χ1v) is 7.89. The highest BCUT2D eigenvalue weighted by Gasteiger charge is 2.25. The Balaban J connectivity index is 0.00000220. The van der Waals surface area contributed by atoms with Crippen LogP contribution in [0.15, 0.2) is 29.2 Å². The first-order valence-electron chi connectivity index (χ1n) is 6.45. The maximum atomic E-state index is 12.4. The van der Waals surface area contributed by atoms with Crippen molar-refractivity contribution in [3.05, 3.63) is 29.8 Å². The van der Waals surface area contributed by atoms with Gasteiger partial charge in [0.2, 0.25) is 10.0 Å². The topological polar surface area (TPSA) is 69.7 Å². The van der Waals surface area contributed by atoms with Gasteiger partial charge in [0.25, 0.3) is 5.91 Å². The maximum Gasteiger partial charge on any atom is 0.253 e. The molecule has 21 heavy (non-hydrogen) atoms. The molecule has 6 nitrogen and oxygen atoms in total. The van der Waals surface area contributed by atoms with Crippen molar-refractivity contribution in [2.24, 2.45) is 0 Å². The van der Waals surface area contributed by atoms with Crippen LogP contribution in [0.4, 0.5) is 0 Å². The molecule has 0 aliphatic carbocycles. The molecule has 1 aromatic carbocycles. The van der Waals surface area contributed by atoms with Gasteiger partial charge in [-0.05, 0) is 24.3 Å². The van der Waals surface area contributed by atoms with Crippen molar-refractivity contribution in [2.45, 2.75) is 4.90 Å². The Morgan fingerprint density at radius 2 is 1.67 bits per heavy atom. The Morgan fingerprint density at radius 3 is 2.14 bits per heavy atom. The molecule has 0 spiro atoms. The molecule has 1 aliphatic heterocycles. The number of nitrogens with one attached hydrogen (secondary N) is 1. The van der Waals surface area contributed by atoms with Crippen molar-refractivity contribution < 1.29 is 13.2 Å². The lowest BCUT2D eigenvalue weighted by Crippen LogP contribution is -2.46. The Labute approximate surface area is 131 Å². The van der Waals surface area contributed by atoms with Crippen LogP contribution in [0, 0.1) is 0 Å². The third kappa shape index (κ3) is 3.94. The molecule has 2 rings (SSSR count). The number of rotatable bonds is 3. The highest BCUT2D eigenvalue weighted by molar-refractivity contribution is 7.89. The van der Waals surface area contributed by atoms with Gasteiger partial charge in [-0.1, -0.05) is 0 Å². The lowest BCUT2D eigenvalue weighted by atomic mass is 10.2. The number of piperazine rings is 1. The van der Waals surface area contributed by atoms with Crippen molar-refractivity contribution in [1.29, 1.82) is 0 Å². The quantitative estimate of drug-likeness (QED) is 0.869. The van der Waals surface area contributed by atoms with Gasteiger partial charge in [-0.25, -0.2) is 8.42 Å². The summed E-state index contributed by atoms with van der Waals surface area (Å²) < 4.78 is 26.3. The summed E-state index contributed by atoms with van der Waals surface area (Å²) >= 11 is 0. The molecule has 1 N–H and O–H groups in total. The van der Waals surface area contributed by atoms with E-state index in [2.05, 4.69) is 5.32 Å². The SMILES string of the molecule is CN(C)C(=O)c1ccc(S(=O)(=O)N2CCNCC2)cc1.Cl. The number of carbonyl (C=O) groups excluding carboxylic acids is 1. The van der Waals surface area contributed by atoms with Crippen LogP contribution in [0.1, 0.15) is 10.4 Å². The van der Waals surface area contributed by atoms with Gasteiger partial charge in [-0.15, -0.1) is 12.4 Å². The molecule has 0 saturated carbocycles. The fourth-order valence-corrected chi connectivity index (χ4v) is 3.50. The van der Waals surface area contributed by atoms with Gasteiger partial charge in [0.05, 0.1) is 4.90 Å². The van der Waals surface area contributed by atoms with Crippen LogP contribution in [0.25, 0.3) is 0 Å².